The van der Waals surface area contributed by atoms with Crippen LogP contribution in [0.15, 0.2) is 36.7 Å². The molecule has 6 rings (SSSR count). The molecule has 5 heterocycles. The molecule has 2 aliphatic rings. The maximum Gasteiger partial charge on any atom is 0.318 e. The molecule has 0 N–H and O–H groups in total. The van der Waals surface area contributed by atoms with Gasteiger partial charge in [-0.15, -0.1) is 0 Å². The average molecular weight is 507 g/mol. The molecule has 3 atom stereocenters. The summed E-state index contributed by atoms with van der Waals surface area (Å²) in [7, 11) is 3.66. The highest BCUT2D eigenvalue weighted by Gasteiger charge is 2.39. The van der Waals surface area contributed by atoms with Crippen LogP contribution in [-0.4, -0.2) is 61.7 Å². The van der Waals surface area contributed by atoms with Crippen LogP contribution in [0.1, 0.15) is 36.9 Å². The van der Waals surface area contributed by atoms with Gasteiger partial charge in [-0.1, -0.05) is 6.07 Å². The van der Waals surface area contributed by atoms with E-state index in [0.29, 0.717) is 51.6 Å². The fourth-order valence-corrected chi connectivity index (χ4v) is 5.66. The molecule has 0 radical (unpaired) electrons. The molecule has 37 heavy (non-hydrogen) atoms. The number of hydrogen-bond acceptors (Lipinski definition) is 7. The van der Waals surface area contributed by atoms with E-state index in [1.807, 2.05) is 6.07 Å². The van der Waals surface area contributed by atoms with Crippen LogP contribution in [0.5, 0.6) is 11.8 Å². The van der Waals surface area contributed by atoms with E-state index in [1.54, 1.807) is 17.6 Å². The number of hydrogen-bond donors (Lipinski definition) is 0. The first kappa shape index (κ1) is 23.7. The van der Waals surface area contributed by atoms with Crippen molar-refractivity contribution >= 4 is 11.2 Å². The van der Waals surface area contributed by atoms with Crippen molar-refractivity contribution in [2.24, 2.45) is 0 Å². The monoisotopic (exact) mass is 506 g/mol. The second-order valence-corrected chi connectivity index (χ2v) is 9.90. The molecule has 0 saturated carbocycles. The molecule has 1 aromatic carbocycles. The van der Waals surface area contributed by atoms with Gasteiger partial charge in [0.2, 0.25) is 0 Å². The molecule has 2 fully saturated rings. The number of aryl methyl sites for hydroxylation is 1. The number of pyridine rings is 1. The lowest BCUT2D eigenvalue weighted by atomic mass is 10.0. The van der Waals surface area contributed by atoms with Gasteiger partial charge in [-0.2, -0.15) is 9.97 Å². The molecular formula is C27H28F2N6O2. The molecule has 10 heteroatoms. The van der Waals surface area contributed by atoms with E-state index in [-0.39, 0.29) is 18.7 Å². The molecule has 2 aliphatic heterocycles. The summed E-state index contributed by atoms with van der Waals surface area (Å²) in [5, 5.41) is 0. The van der Waals surface area contributed by atoms with E-state index in [9.17, 15) is 4.39 Å². The quantitative estimate of drug-likeness (QED) is 0.380. The predicted octanol–water partition coefficient (Wildman–Crippen LogP) is 4.54. The van der Waals surface area contributed by atoms with E-state index in [0.717, 1.165) is 19.0 Å². The van der Waals surface area contributed by atoms with Crippen LogP contribution in [0.4, 0.5) is 8.78 Å². The number of ether oxygens (including phenoxy) is 2. The number of piperidine rings is 1. The molecule has 0 amide bonds. The number of rotatable bonds is 6. The van der Waals surface area contributed by atoms with Crippen molar-refractivity contribution in [3.63, 3.8) is 0 Å². The number of benzene rings is 1. The third-order valence-corrected chi connectivity index (χ3v) is 7.60. The second-order valence-electron chi connectivity index (χ2n) is 9.90. The van der Waals surface area contributed by atoms with Crippen molar-refractivity contribution in [1.82, 2.24) is 29.4 Å². The van der Waals surface area contributed by atoms with Crippen molar-refractivity contribution < 1.29 is 18.3 Å². The number of aromatic nitrogens is 5. The Morgan fingerprint density at radius 3 is 2.51 bits per heavy atom. The summed E-state index contributed by atoms with van der Waals surface area (Å²) in [6, 6.07) is 7.57. The SMILES string of the molecule is COc1nc(C)c2nc(-c3cncc(F)c3)n(Cc3ccc(O[C@@H]4C[C@H]5CC[C@@H](C4)N5C)cc3F)c2n1. The lowest BCUT2D eigenvalue weighted by Crippen LogP contribution is -2.43. The number of methoxy groups -OCH3 is 1. The molecule has 4 aromatic rings. The Kier molecular flexibility index (Phi) is 5.98. The third kappa shape index (κ3) is 4.39. The first-order valence-corrected chi connectivity index (χ1v) is 12.5. The molecule has 2 saturated heterocycles. The largest absolute Gasteiger partial charge is 0.490 e. The van der Waals surface area contributed by atoms with Crippen molar-refractivity contribution in [3.8, 4) is 23.1 Å². The number of halogens is 2. The number of nitrogens with zero attached hydrogens (tertiary/aromatic N) is 6. The highest BCUT2D eigenvalue weighted by Crippen LogP contribution is 2.36. The molecule has 192 valence electrons. The summed E-state index contributed by atoms with van der Waals surface area (Å²) in [6.07, 6.45) is 7.05. The zero-order valence-electron chi connectivity index (χ0n) is 21.0. The van der Waals surface area contributed by atoms with Crippen LogP contribution >= 0.6 is 0 Å². The summed E-state index contributed by atoms with van der Waals surface area (Å²) in [5.41, 5.74) is 2.47. The Balaban J connectivity index is 1.33. The Labute approximate surface area is 213 Å². The van der Waals surface area contributed by atoms with Gasteiger partial charge in [0, 0.05) is 35.5 Å². The Hall–Kier alpha value is -3.66. The molecule has 0 aliphatic carbocycles. The maximum atomic E-state index is 15.4. The minimum absolute atomic E-state index is 0.0933. The molecule has 0 spiro atoms. The van der Waals surface area contributed by atoms with Crippen LogP contribution in [0, 0.1) is 18.6 Å². The maximum absolute atomic E-state index is 15.4. The van der Waals surface area contributed by atoms with Crippen LogP contribution < -0.4 is 9.47 Å². The summed E-state index contributed by atoms with van der Waals surface area (Å²) in [4.78, 5) is 19.9. The molecule has 2 bridgehead atoms. The molecule has 3 aromatic heterocycles. The highest BCUT2D eigenvalue weighted by atomic mass is 19.1. The molecule has 8 nitrogen and oxygen atoms in total. The van der Waals surface area contributed by atoms with Crippen LogP contribution in [-0.2, 0) is 6.54 Å². The smallest absolute Gasteiger partial charge is 0.318 e. The fourth-order valence-electron chi connectivity index (χ4n) is 5.66. The fraction of sp³-hybridized carbons (Fsp3) is 0.407. The first-order chi connectivity index (χ1) is 17.9. The van der Waals surface area contributed by atoms with Crippen molar-refractivity contribution in [1.29, 1.82) is 0 Å². The Morgan fingerprint density at radius 1 is 1.03 bits per heavy atom. The van der Waals surface area contributed by atoms with E-state index in [1.165, 1.54) is 38.3 Å². The normalized spacial score (nSPS) is 21.5. The van der Waals surface area contributed by atoms with Gasteiger partial charge in [0.05, 0.1) is 25.5 Å². The van der Waals surface area contributed by atoms with Gasteiger partial charge in [0.25, 0.3) is 0 Å². The van der Waals surface area contributed by atoms with Crippen molar-refractivity contribution in [2.75, 3.05) is 14.2 Å². The summed E-state index contributed by atoms with van der Waals surface area (Å²) < 4.78 is 42.6. The highest BCUT2D eigenvalue weighted by molar-refractivity contribution is 5.79. The van der Waals surface area contributed by atoms with E-state index in [2.05, 4.69) is 31.9 Å². The topological polar surface area (TPSA) is 78.2 Å². The predicted molar refractivity (Wildman–Crippen MR) is 134 cm³/mol. The minimum Gasteiger partial charge on any atom is -0.490 e. The lowest BCUT2D eigenvalue weighted by molar-refractivity contribution is 0.0659. The summed E-state index contributed by atoms with van der Waals surface area (Å²) in [5.74, 6) is 0.0529. The van der Waals surface area contributed by atoms with E-state index >= 15 is 4.39 Å². The number of imidazole rings is 1. The summed E-state index contributed by atoms with van der Waals surface area (Å²) in [6.45, 7) is 1.91. The standard InChI is InChI=1S/C27H28F2N6O2/c1-15-24-26(33-27(31-15)36-3)35(25(32-24)17-8-18(28)13-30-12-17)14-16-4-7-21(11-23(16)29)37-22-9-19-5-6-20(10-22)34(19)2/h4,7-8,11-13,19-20,22H,5-6,9-10,14H2,1-3H3/t19-,20+,22-. The lowest BCUT2D eigenvalue weighted by Gasteiger charge is -2.36. The molecular weight excluding hydrogens is 478 g/mol. The average Bonchev–Trinajstić information content (AvgIpc) is 3.32. The van der Waals surface area contributed by atoms with Gasteiger partial charge in [0.15, 0.2) is 5.65 Å². The Bertz CT molecular complexity index is 1460. The zero-order valence-corrected chi connectivity index (χ0v) is 21.0. The van der Waals surface area contributed by atoms with Gasteiger partial charge in [-0.05, 0) is 51.8 Å². The van der Waals surface area contributed by atoms with Gasteiger partial charge in [-0.3, -0.25) is 4.98 Å². The number of fused-ring (bicyclic) bond motifs is 3. The van der Waals surface area contributed by atoms with Crippen molar-refractivity contribution in [3.05, 3.63) is 59.6 Å². The third-order valence-electron chi connectivity index (χ3n) is 7.60. The van der Waals surface area contributed by atoms with Crippen LogP contribution in [0.3, 0.4) is 0 Å². The molecule has 0 unspecified atom stereocenters. The second kappa shape index (κ2) is 9.33. The van der Waals surface area contributed by atoms with Crippen LogP contribution in [0.2, 0.25) is 0 Å². The minimum atomic E-state index is -0.494. The first-order valence-electron chi connectivity index (χ1n) is 12.5. The van der Waals surface area contributed by atoms with Gasteiger partial charge >= 0.3 is 6.01 Å². The van der Waals surface area contributed by atoms with Gasteiger partial charge in [0.1, 0.15) is 34.8 Å². The Morgan fingerprint density at radius 2 is 1.81 bits per heavy atom. The zero-order chi connectivity index (χ0) is 25.7. The van der Waals surface area contributed by atoms with E-state index < -0.39 is 11.6 Å². The van der Waals surface area contributed by atoms with Gasteiger partial charge in [-0.25, -0.2) is 13.8 Å². The summed E-state index contributed by atoms with van der Waals surface area (Å²) >= 11 is 0. The van der Waals surface area contributed by atoms with Crippen molar-refractivity contribution in [2.45, 2.75) is 57.3 Å². The van der Waals surface area contributed by atoms with Crippen LogP contribution in [0.25, 0.3) is 22.6 Å². The van der Waals surface area contributed by atoms with Gasteiger partial charge < -0.3 is 18.9 Å². The van der Waals surface area contributed by atoms with E-state index in [4.69, 9.17) is 9.47 Å².